The van der Waals surface area contributed by atoms with Crippen molar-refractivity contribution in [2.45, 2.75) is 19.9 Å². The van der Waals surface area contributed by atoms with Crippen molar-refractivity contribution in [3.05, 3.63) is 30.0 Å². The van der Waals surface area contributed by atoms with E-state index in [1.54, 1.807) is 6.33 Å². The van der Waals surface area contributed by atoms with E-state index in [1.807, 2.05) is 16.7 Å². The number of aryl methyl sites for hydroxylation is 1. The van der Waals surface area contributed by atoms with Gasteiger partial charge in [-0.3, -0.25) is 4.40 Å². The molecule has 2 aromatic rings. The van der Waals surface area contributed by atoms with Crippen molar-refractivity contribution < 1.29 is 0 Å². The van der Waals surface area contributed by atoms with Crippen LogP contribution in [0.3, 0.4) is 0 Å². The Morgan fingerprint density at radius 1 is 1.46 bits per heavy atom. The monoisotopic (exact) mass is 176 g/mol. The van der Waals surface area contributed by atoms with Gasteiger partial charge in [0.2, 0.25) is 0 Å². The van der Waals surface area contributed by atoms with Crippen molar-refractivity contribution in [2.75, 3.05) is 0 Å². The molecule has 0 spiro atoms. The first-order valence-electron chi connectivity index (χ1n) is 4.36. The molecule has 0 fully saturated rings. The van der Waals surface area contributed by atoms with E-state index in [0.717, 1.165) is 23.5 Å². The van der Waals surface area contributed by atoms with Crippen LogP contribution in [-0.4, -0.2) is 14.4 Å². The highest BCUT2D eigenvalue weighted by molar-refractivity contribution is 5.40. The van der Waals surface area contributed by atoms with Crippen LogP contribution in [0.1, 0.15) is 18.3 Å². The molecule has 2 aromatic heterocycles. The van der Waals surface area contributed by atoms with Crippen molar-refractivity contribution in [3.8, 4) is 0 Å². The van der Waals surface area contributed by atoms with Gasteiger partial charge in [-0.25, -0.2) is 9.97 Å². The molecule has 0 aromatic carbocycles. The average Bonchev–Trinajstić information content (AvgIpc) is 2.58. The van der Waals surface area contributed by atoms with Gasteiger partial charge in [0.25, 0.3) is 0 Å². The van der Waals surface area contributed by atoms with Crippen molar-refractivity contribution >= 4 is 5.65 Å². The quantitative estimate of drug-likeness (QED) is 0.734. The number of hydrogen-bond acceptors (Lipinski definition) is 3. The maximum atomic E-state index is 5.49. The summed E-state index contributed by atoms with van der Waals surface area (Å²) in [6, 6.07) is 1.99. The highest BCUT2D eigenvalue weighted by Crippen LogP contribution is 2.05. The van der Waals surface area contributed by atoms with E-state index in [-0.39, 0.29) is 0 Å². The van der Waals surface area contributed by atoms with Crippen LogP contribution in [0.2, 0.25) is 0 Å². The zero-order valence-electron chi connectivity index (χ0n) is 7.57. The summed E-state index contributed by atoms with van der Waals surface area (Å²) in [7, 11) is 0. The van der Waals surface area contributed by atoms with Gasteiger partial charge in [-0.15, -0.1) is 0 Å². The highest BCUT2D eigenvalue weighted by atomic mass is 15.0. The second-order valence-corrected chi connectivity index (χ2v) is 2.94. The average molecular weight is 176 g/mol. The molecule has 2 N–H and O–H groups in total. The normalized spacial score (nSPS) is 10.9. The molecule has 0 bridgehead atoms. The van der Waals surface area contributed by atoms with E-state index in [4.69, 9.17) is 5.73 Å². The van der Waals surface area contributed by atoms with Gasteiger partial charge in [0, 0.05) is 24.5 Å². The van der Waals surface area contributed by atoms with Crippen LogP contribution in [0.15, 0.2) is 18.6 Å². The van der Waals surface area contributed by atoms with Gasteiger partial charge < -0.3 is 5.73 Å². The Bertz CT molecular complexity index is 416. The topological polar surface area (TPSA) is 56.2 Å². The molecule has 2 heterocycles. The van der Waals surface area contributed by atoms with Crippen LogP contribution in [-0.2, 0) is 13.0 Å². The third kappa shape index (κ3) is 1.40. The largest absolute Gasteiger partial charge is 0.325 e. The van der Waals surface area contributed by atoms with Crippen molar-refractivity contribution in [3.63, 3.8) is 0 Å². The summed E-state index contributed by atoms with van der Waals surface area (Å²) in [5, 5.41) is 0. The van der Waals surface area contributed by atoms with E-state index in [0.29, 0.717) is 6.54 Å². The fourth-order valence-electron chi connectivity index (χ4n) is 1.27. The molecule has 2 rings (SSSR count). The molecule has 0 saturated carbocycles. The molecule has 13 heavy (non-hydrogen) atoms. The number of fused-ring (bicyclic) bond motifs is 1. The van der Waals surface area contributed by atoms with Gasteiger partial charge in [-0.2, -0.15) is 0 Å². The summed E-state index contributed by atoms with van der Waals surface area (Å²) in [4.78, 5) is 8.59. The maximum absolute atomic E-state index is 5.49. The molecular weight excluding hydrogens is 164 g/mol. The minimum absolute atomic E-state index is 0.475. The minimum atomic E-state index is 0.475. The molecule has 0 aliphatic carbocycles. The van der Waals surface area contributed by atoms with Crippen LogP contribution in [0.4, 0.5) is 0 Å². The Morgan fingerprint density at radius 2 is 2.31 bits per heavy atom. The summed E-state index contributed by atoms with van der Waals surface area (Å²) in [6.07, 6.45) is 4.61. The first kappa shape index (κ1) is 8.19. The SMILES string of the molecule is CCc1cc2nc(CN)cn2cn1. The lowest BCUT2D eigenvalue weighted by Crippen LogP contribution is -1.95. The molecule has 0 unspecified atom stereocenters. The van der Waals surface area contributed by atoms with Gasteiger partial charge in [0.1, 0.15) is 12.0 Å². The lowest BCUT2D eigenvalue weighted by atomic mass is 10.3. The van der Waals surface area contributed by atoms with Crippen LogP contribution >= 0.6 is 0 Å². The number of nitrogens with zero attached hydrogens (tertiary/aromatic N) is 3. The molecule has 4 nitrogen and oxygen atoms in total. The number of hydrogen-bond donors (Lipinski definition) is 1. The minimum Gasteiger partial charge on any atom is -0.325 e. The number of aromatic nitrogens is 3. The Balaban J connectivity index is 2.57. The Kier molecular flexibility index (Phi) is 1.98. The van der Waals surface area contributed by atoms with Crippen LogP contribution in [0, 0.1) is 0 Å². The molecule has 0 aliphatic heterocycles. The van der Waals surface area contributed by atoms with Crippen molar-refractivity contribution in [1.29, 1.82) is 0 Å². The van der Waals surface area contributed by atoms with Gasteiger partial charge in [0.05, 0.1) is 5.69 Å². The van der Waals surface area contributed by atoms with Gasteiger partial charge in [-0.1, -0.05) is 6.92 Å². The van der Waals surface area contributed by atoms with E-state index >= 15 is 0 Å². The fraction of sp³-hybridized carbons (Fsp3) is 0.333. The third-order valence-corrected chi connectivity index (χ3v) is 2.03. The highest BCUT2D eigenvalue weighted by Gasteiger charge is 2.00. The number of imidazole rings is 1. The van der Waals surface area contributed by atoms with Crippen molar-refractivity contribution in [1.82, 2.24) is 14.4 Å². The molecule has 0 atom stereocenters. The Hall–Kier alpha value is -1.42. The first-order chi connectivity index (χ1) is 6.33. The van der Waals surface area contributed by atoms with Crippen LogP contribution in [0.5, 0.6) is 0 Å². The molecule has 0 saturated heterocycles. The van der Waals surface area contributed by atoms with Gasteiger partial charge >= 0.3 is 0 Å². The predicted molar refractivity (Wildman–Crippen MR) is 50.3 cm³/mol. The lowest BCUT2D eigenvalue weighted by molar-refractivity contribution is 0.976. The standard InChI is InChI=1S/C9H12N4/c1-2-7-3-9-12-8(4-10)5-13(9)6-11-7/h3,5-6H,2,4,10H2,1H3. The zero-order chi connectivity index (χ0) is 9.26. The maximum Gasteiger partial charge on any atom is 0.140 e. The van der Waals surface area contributed by atoms with Crippen LogP contribution < -0.4 is 5.73 Å². The Morgan fingerprint density at radius 3 is 3.00 bits per heavy atom. The molecule has 0 amide bonds. The first-order valence-corrected chi connectivity index (χ1v) is 4.36. The van der Waals surface area contributed by atoms with Gasteiger partial charge in [0.15, 0.2) is 0 Å². The molecule has 0 radical (unpaired) electrons. The zero-order valence-corrected chi connectivity index (χ0v) is 7.57. The number of rotatable bonds is 2. The summed E-state index contributed by atoms with van der Waals surface area (Å²) in [6.45, 7) is 2.55. The van der Waals surface area contributed by atoms with E-state index in [1.165, 1.54) is 0 Å². The van der Waals surface area contributed by atoms with Crippen molar-refractivity contribution in [2.24, 2.45) is 5.73 Å². The second-order valence-electron chi connectivity index (χ2n) is 2.94. The van der Waals surface area contributed by atoms with Crippen LogP contribution in [0.25, 0.3) is 5.65 Å². The summed E-state index contributed by atoms with van der Waals surface area (Å²) in [5.41, 5.74) is 8.37. The predicted octanol–water partition coefficient (Wildman–Crippen LogP) is 0.750. The molecular formula is C9H12N4. The molecule has 68 valence electrons. The summed E-state index contributed by atoms with van der Waals surface area (Å²) in [5.74, 6) is 0. The van der Waals surface area contributed by atoms with E-state index in [9.17, 15) is 0 Å². The van der Waals surface area contributed by atoms with Gasteiger partial charge in [-0.05, 0) is 6.42 Å². The second kappa shape index (κ2) is 3.14. The van der Waals surface area contributed by atoms with E-state index < -0.39 is 0 Å². The Labute approximate surface area is 76.4 Å². The smallest absolute Gasteiger partial charge is 0.140 e. The lowest BCUT2D eigenvalue weighted by Gasteiger charge is -1.95. The molecule has 0 aliphatic rings. The summed E-state index contributed by atoms with van der Waals surface area (Å²) >= 11 is 0. The van der Waals surface area contributed by atoms with E-state index in [2.05, 4.69) is 16.9 Å². The fourth-order valence-corrected chi connectivity index (χ4v) is 1.27. The number of nitrogens with two attached hydrogens (primary N) is 1. The summed E-state index contributed by atoms with van der Waals surface area (Å²) < 4.78 is 1.89. The molecule has 4 heteroatoms. The third-order valence-electron chi connectivity index (χ3n) is 2.03.